The molecule has 3 aliphatic carbocycles. The van der Waals surface area contributed by atoms with E-state index in [2.05, 4.69) is 13.8 Å². The van der Waals surface area contributed by atoms with Gasteiger partial charge in [-0.3, -0.25) is 0 Å². The number of hydrogen-bond donors (Lipinski definition) is 0. The highest BCUT2D eigenvalue weighted by atomic mass is 14.4. The first kappa shape index (κ1) is 18.8. The third-order valence-corrected chi connectivity index (χ3v) is 8.26. The Labute approximate surface area is 152 Å². The summed E-state index contributed by atoms with van der Waals surface area (Å²) in [6.45, 7) is 4.74. The summed E-state index contributed by atoms with van der Waals surface area (Å²) in [7, 11) is 0. The summed E-state index contributed by atoms with van der Waals surface area (Å²) in [5.74, 6) is 6.60. The summed E-state index contributed by atoms with van der Waals surface area (Å²) in [5.41, 5.74) is 0. The van der Waals surface area contributed by atoms with Crippen molar-refractivity contribution in [1.82, 2.24) is 0 Å². The minimum atomic E-state index is 1.08. The fraction of sp³-hybridized carbons (Fsp3) is 1.00. The van der Waals surface area contributed by atoms with Crippen molar-refractivity contribution in [1.29, 1.82) is 0 Å². The lowest BCUT2D eigenvalue weighted by Crippen LogP contribution is -2.30. The standard InChI is InChI=1S/C24H44/c1-3-6-19-10-12-21(13-11-19)22-14-16-23(17-15-22)24-9-5-8-20(18-24)7-4-2/h19-24H,3-18H2,1-2H3. The van der Waals surface area contributed by atoms with E-state index < -0.39 is 0 Å². The van der Waals surface area contributed by atoms with Gasteiger partial charge in [0.2, 0.25) is 0 Å². The fourth-order valence-electron chi connectivity index (χ4n) is 6.88. The van der Waals surface area contributed by atoms with Crippen LogP contribution in [0.25, 0.3) is 0 Å². The predicted octanol–water partition coefficient (Wildman–Crippen LogP) is 8.01. The van der Waals surface area contributed by atoms with E-state index >= 15 is 0 Å². The molecule has 0 N–H and O–H groups in total. The molecule has 3 saturated carbocycles. The lowest BCUT2D eigenvalue weighted by atomic mass is 9.64. The van der Waals surface area contributed by atoms with E-state index in [1.807, 2.05) is 0 Å². The highest BCUT2D eigenvalue weighted by Gasteiger charge is 2.34. The van der Waals surface area contributed by atoms with Gasteiger partial charge in [-0.15, -0.1) is 0 Å². The van der Waals surface area contributed by atoms with Gasteiger partial charge in [0.1, 0.15) is 0 Å². The van der Waals surface area contributed by atoms with E-state index in [4.69, 9.17) is 0 Å². The monoisotopic (exact) mass is 332 g/mol. The Bertz CT molecular complexity index is 328. The van der Waals surface area contributed by atoms with Crippen LogP contribution in [0, 0.1) is 35.5 Å². The third kappa shape index (κ3) is 5.01. The Balaban J connectivity index is 1.39. The fourth-order valence-corrected chi connectivity index (χ4v) is 6.88. The van der Waals surface area contributed by atoms with Gasteiger partial charge in [0.05, 0.1) is 0 Å². The summed E-state index contributed by atoms with van der Waals surface area (Å²) < 4.78 is 0. The van der Waals surface area contributed by atoms with Crippen molar-refractivity contribution in [3.8, 4) is 0 Å². The van der Waals surface area contributed by atoms with Gasteiger partial charge in [-0.25, -0.2) is 0 Å². The largest absolute Gasteiger partial charge is 0.0654 e. The lowest BCUT2D eigenvalue weighted by Gasteiger charge is -2.41. The first-order chi connectivity index (χ1) is 11.8. The minimum Gasteiger partial charge on any atom is -0.0654 e. The molecule has 0 bridgehead atoms. The molecule has 3 aliphatic rings. The maximum absolute atomic E-state index is 2.38. The molecule has 0 aromatic heterocycles. The smallest absolute Gasteiger partial charge is 0.0383 e. The highest BCUT2D eigenvalue weighted by molar-refractivity contribution is 4.86. The minimum absolute atomic E-state index is 1.08. The molecule has 0 nitrogen and oxygen atoms in total. The maximum Gasteiger partial charge on any atom is -0.0383 e. The van der Waals surface area contributed by atoms with Crippen LogP contribution in [0.2, 0.25) is 0 Å². The summed E-state index contributed by atoms with van der Waals surface area (Å²) in [4.78, 5) is 0. The van der Waals surface area contributed by atoms with Crippen molar-refractivity contribution in [2.24, 2.45) is 35.5 Å². The van der Waals surface area contributed by atoms with Crippen LogP contribution >= 0.6 is 0 Å². The van der Waals surface area contributed by atoms with E-state index in [1.54, 1.807) is 70.6 Å². The Morgan fingerprint density at radius 2 is 1.00 bits per heavy atom. The van der Waals surface area contributed by atoms with Crippen LogP contribution in [-0.4, -0.2) is 0 Å². The van der Waals surface area contributed by atoms with Gasteiger partial charge in [0, 0.05) is 0 Å². The number of rotatable bonds is 6. The highest BCUT2D eigenvalue weighted by Crippen LogP contribution is 2.46. The van der Waals surface area contributed by atoms with Crippen LogP contribution in [-0.2, 0) is 0 Å². The van der Waals surface area contributed by atoms with Crippen LogP contribution in [0.4, 0.5) is 0 Å². The molecule has 24 heavy (non-hydrogen) atoms. The molecule has 2 atom stereocenters. The van der Waals surface area contributed by atoms with Gasteiger partial charge >= 0.3 is 0 Å². The average Bonchev–Trinajstić information content (AvgIpc) is 2.63. The van der Waals surface area contributed by atoms with Crippen molar-refractivity contribution in [3.63, 3.8) is 0 Å². The van der Waals surface area contributed by atoms with Crippen molar-refractivity contribution < 1.29 is 0 Å². The molecule has 0 aliphatic heterocycles. The Hall–Kier alpha value is 0. The molecule has 3 rings (SSSR count). The van der Waals surface area contributed by atoms with Gasteiger partial charge in [0.25, 0.3) is 0 Å². The molecule has 3 fully saturated rings. The second-order valence-electron chi connectivity index (χ2n) is 9.83. The molecule has 0 radical (unpaired) electrons. The second kappa shape index (κ2) is 9.63. The molecular weight excluding hydrogens is 288 g/mol. The molecule has 2 unspecified atom stereocenters. The van der Waals surface area contributed by atoms with Gasteiger partial charge < -0.3 is 0 Å². The summed E-state index contributed by atoms with van der Waals surface area (Å²) in [6.07, 6.45) is 24.7. The SMILES string of the molecule is CCCC1CCC(C2CCC(C3CCCC(CCC)C3)CC2)CC1. The first-order valence-electron chi connectivity index (χ1n) is 11.8. The number of hydrogen-bond acceptors (Lipinski definition) is 0. The molecule has 0 amide bonds. The third-order valence-electron chi connectivity index (χ3n) is 8.26. The Kier molecular flexibility index (Phi) is 7.54. The second-order valence-corrected chi connectivity index (χ2v) is 9.83. The Morgan fingerprint density at radius 1 is 0.500 bits per heavy atom. The van der Waals surface area contributed by atoms with Gasteiger partial charge in [0.15, 0.2) is 0 Å². The van der Waals surface area contributed by atoms with Crippen LogP contribution < -0.4 is 0 Å². The van der Waals surface area contributed by atoms with Gasteiger partial charge in [-0.05, 0) is 80.5 Å². The molecule has 0 aromatic carbocycles. The maximum atomic E-state index is 2.38. The van der Waals surface area contributed by atoms with Crippen LogP contribution in [0.1, 0.15) is 117 Å². The normalized spacial score (nSPS) is 41.2. The van der Waals surface area contributed by atoms with E-state index in [0.717, 1.165) is 35.5 Å². The predicted molar refractivity (Wildman–Crippen MR) is 106 cm³/mol. The first-order valence-corrected chi connectivity index (χ1v) is 11.8. The topological polar surface area (TPSA) is 0 Å². The summed E-state index contributed by atoms with van der Waals surface area (Å²) in [6, 6.07) is 0. The van der Waals surface area contributed by atoms with Crippen LogP contribution in [0.5, 0.6) is 0 Å². The average molecular weight is 333 g/mol. The van der Waals surface area contributed by atoms with Crippen molar-refractivity contribution >= 4 is 0 Å². The quantitative estimate of drug-likeness (QED) is 0.462. The summed E-state index contributed by atoms with van der Waals surface area (Å²) >= 11 is 0. The molecular formula is C24H44. The molecule has 0 heterocycles. The van der Waals surface area contributed by atoms with Crippen LogP contribution in [0.3, 0.4) is 0 Å². The van der Waals surface area contributed by atoms with Crippen molar-refractivity contribution in [3.05, 3.63) is 0 Å². The molecule has 140 valence electrons. The zero-order valence-electron chi connectivity index (χ0n) is 16.8. The Morgan fingerprint density at radius 3 is 1.58 bits per heavy atom. The summed E-state index contributed by atoms with van der Waals surface area (Å²) in [5, 5.41) is 0. The van der Waals surface area contributed by atoms with Crippen molar-refractivity contribution in [2.75, 3.05) is 0 Å². The zero-order valence-corrected chi connectivity index (χ0v) is 16.8. The van der Waals surface area contributed by atoms with E-state index in [0.29, 0.717) is 0 Å². The van der Waals surface area contributed by atoms with Crippen molar-refractivity contribution in [2.45, 2.75) is 117 Å². The lowest BCUT2D eigenvalue weighted by molar-refractivity contribution is 0.0986. The zero-order chi connectivity index (χ0) is 16.8. The molecule has 0 heteroatoms. The van der Waals surface area contributed by atoms with Gasteiger partial charge in [-0.1, -0.05) is 71.6 Å². The van der Waals surface area contributed by atoms with E-state index in [9.17, 15) is 0 Å². The van der Waals surface area contributed by atoms with Crippen LogP contribution in [0.15, 0.2) is 0 Å². The van der Waals surface area contributed by atoms with E-state index in [-0.39, 0.29) is 0 Å². The molecule has 0 spiro atoms. The molecule has 0 saturated heterocycles. The van der Waals surface area contributed by atoms with E-state index in [1.165, 1.54) is 32.1 Å². The van der Waals surface area contributed by atoms with Gasteiger partial charge in [-0.2, -0.15) is 0 Å². The molecule has 0 aromatic rings.